The number of aryl methyl sites for hydroxylation is 1. The van der Waals surface area contributed by atoms with Crippen molar-refractivity contribution in [2.75, 3.05) is 11.9 Å². The second-order valence-electron chi connectivity index (χ2n) is 5.59. The van der Waals surface area contributed by atoms with Gasteiger partial charge in [-0.3, -0.25) is 0 Å². The van der Waals surface area contributed by atoms with Crippen molar-refractivity contribution in [1.29, 1.82) is 0 Å². The molecule has 0 fully saturated rings. The lowest BCUT2D eigenvalue weighted by molar-refractivity contribution is 0.242. The smallest absolute Gasteiger partial charge is 0.119 e. The minimum atomic E-state index is 0.216. The molecule has 0 saturated heterocycles. The lowest BCUT2D eigenvalue weighted by Gasteiger charge is -2.19. The molecular formula is C18H21NO. The first-order chi connectivity index (χ1) is 9.72. The van der Waals surface area contributed by atoms with E-state index in [4.69, 9.17) is 4.74 Å². The average molecular weight is 267 g/mol. The molecule has 2 nitrogen and oxygen atoms in total. The molecule has 1 aliphatic rings. The van der Waals surface area contributed by atoms with Crippen molar-refractivity contribution in [2.24, 2.45) is 0 Å². The third kappa shape index (κ3) is 2.79. The highest BCUT2D eigenvalue weighted by Crippen LogP contribution is 2.29. The van der Waals surface area contributed by atoms with Gasteiger partial charge in [0.1, 0.15) is 5.75 Å². The van der Waals surface area contributed by atoms with Crippen molar-refractivity contribution in [1.82, 2.24) is 0 Å². The lowest BCUT2D eigenvalue weighted by Crippen LogP contribution is -2.11. The molecule has 1 heterocycles. The van der Waals surface area contributed by atoms with Crippen molar-refractivity contribution in [3.05, 3.63) is 48.0 Å². The highest BCUT2D eigenvalue weighted by Gasteiger charge is 2.09. The topological polar surface area (TPSA) is 21.3 Å². The molecule has 0 unspecified atom stereocenters. The summed E-state index contributed by atoms with van der Waals surface area (Å²) in [6.07, 6.45) is 2.63. The predicted molar refractivity (Wildman–Crippen MR) is 84.5 cm³/mol. The van der Waals surface area contributed by atoms with Gasteiger partial charge in [-0.15, -0.1) is 0 Å². The summed E-state index contributed by atoms with van der Waals surface area (Å²) in [5.74, 6) is 0.930. The Balaban J connectivity index is 1.85. The van der Waals surface area contributed by atoms with E-state index in [2.05, 4.69) is 35.6 Å². The largest absolute Gasteiger partial charge is 0.491 e. The number of anilines is 1. The Bertz CT molecular complexity index is 587. The molecule has 1 aliphatic heterocycles. The Morgan fingerprint density at radius 2 is 1.75 bits per heavy atom. The van der Waals surface area contributed by atoms with Crippen molar-refractivity contribution in [2.45, 2.75) is 32.8 Å². The molecule has 2 aromatic carbocycles. The molecule has 0 spiro atoms. The molecule has 0 amide bonds. The summed E-state index contributed by atoms with van der Waals surface area (Å²) >= 11 is 0. The van der Waals surface area contributed by atoms with E-state index in [0.717, 1.165) is 12.3 Å². The Kier molecular flexibility index (Phi) is 3.64. The number of fused-ring (bicyclic) bond motifs is 1. The van der Waals surface area contributed by atoms with E-state index in [0.29, 0.717) is 0 Å². The monoisotopic (exact) mass is 267 g/mol. The zero-order valence-electron chi connectivity index (χ0n) is 12.1. The normalized spacial score (nSPS) is 13.8. The van der Waals surface area contributed by atoms with E-state index in [9.17, 15) is 0 Å². The fourth-order valence-electron chi connectivity index (χ4n) is 2.64. The van der Waals surface area contributed by atoms with E-state index < -0.39 is 0 Å². The highest BCUT2D eigenvalue weighted by molar-refractivity contribution is 5.71. The van der Waals surface area contributed by atoms with E-state index in [1.54, 1.807) is 0 Å². The summed E-state index contributed by atoms with van der Waals surface area (Å²) in [6.45, 7) is 5.17. The molecule has 2 heteroatoms. The van der Waals surface area contributed by atoms with Crippen LogP contribution in [0, 0.1) is 0 Å². The van der Waals surface area contributed by atoms with E-state index >= 15 is 0 Å². The van der Waals surface area contributed by atoms with Gasteiger partial charge in [0.05, 0.1) is 6.10 Å². The fourth-order valence-corrected chi connectivity index (χ4v) is 2.64. The summed E-state index contributed by atoms with van der Waals surface area (Å²) in [5.41, 5.74) is 5.21. The van der Waals surface area contributed by atoms with Crippen LogP contribution in [0.3, 0.4) is 0 Å². The SMILES string of the molecule is CC(C)Oc1ccc(-c2ccc3c(c2)NCCC3)cc1. The van der Waals surface area contributed by atoms with Gasteiger partial charge in [0.25, 0.3) is 0 Å². The van der Waals surface area contributed by atoms with Gasteiger partial charge in [0.2, 0.25) is 0 Å². The molecule has 20 heavy (non-hydrogen) atoms. The van der Waals surface area contributed by atoms with Crippen LogP contribution in [0.15, 0.2) is 42.5 Å². The third-order valence-electron chi connectivity index (χ3n) is 3.61. The first-order valence-electron chi connectivity index (χ1n) is 7.36. The molecule has 0 aromatic heterocycles. The quantitative estimate of drug-likeness (QED) is 0.884. The zero-order valence-corrected chi connectivity index (χ0v) is 12.1. The standard InChI is InChI=1S/C18H21NO/c1-13(2)20-17-9-7-14(8-10-17)16-6-5-15-4-3-11-19-18(15)12-16/h5-10,12-13,19H,3-4,11H2,1-2H3. The predicted octanol–water partition coefficient (Wildman–Crippen LogP) is 4.50. The zero-order chi connectivity index (χ0) is 13.9. The van der Waals surface area contributed by atoms with Crippen LogP contribution < -0.4 is 10.1 Å². The highest BCUT2D eigenvalue weighted by atomic mass is 16.5. The molecule has 0 radical (unpaired) electrons. The van der Waals surface area contributed by atoms with Crippen molar-refractivity contribution in [3.8, 4) is 16.9 Å². The van der Waals surface area contributed by atoms with Crippen LogP contribution in [-0.2, 0) is 6.42 Å². The second-order valence-corrected chi connectivity index (χ2v) is 5.59. The molecule has 3 rings (SSSR count). The van der Waals surface area contributed by atoms with Gasteiger partial charge in [-0.2, -0.15) is 0 Å². The second kappa shape index (κ2) is 5.58. The summed E-state index contributed by atoms with van der Waals surface area (Å²) in [7, 11) is 0. The summed E-state index contributed by atoms with van der Waals surface area (Å²) in [5, 5.41) is 3.49. The maximum Gasteiger partial charge on any atom is 0.119 e. The Labute approximate surface area is 120 Å². The molecule has 0 aliphatic carbocycles. The number of hydrogen-bond donors (Lipinski definition) is 1. The molecule has 2 aromatic rings. The molecule has 0 atom stereocenters. The van der Waals surface area contributed by atoms with Gasteiger partial charge >= 0.3 is 0 Å². The van der Waals surface area contributed by atoms with Crippen LogP contribution in [0.2, 0.25) is 0 Å². The van der Waals surface area contributed by atoms with Crippen LogP contribution in [0.25, 0.3) is 11.1 Å². The Morgan fingerprint density at radius 3 is 2.50 bits per heavy atom. The Morgan fingerprint density at radius 1 is 1.00 bits per heavy atom. The molecular weight excluding hydrogens is 246 g/mol. The minimum Gasteiger partial charge on any atom is -0.491 e. The maximum absolute atomic E-state index is 5.68. The molecule has 0 bridgehead atoms. The molecule has 0 saturated carbocycles. The number of benzene rings is 2. The van der Waals surface area contributed by atoms with Gasteiger partial charge in [-0.25, -0.2) is 0 Å². The van der Waals surface area contributed by atoms with Crippen molar-refractivity contribution in [3.63, 3.8) is 0 Å². The number of hydrogen-bond acceptors (Lipinski definition) is 2. The number of ether oxygens (including phenoxy) is 1. The minimum absolute atomic E-state index is 0.216. The third-order valence-corrected chi connectivity index (χ3v) is 3.61. The lowest BCUT2D eigenvalue weighted by atomic mass is 9.98. The summed E-state index contributed by atoms with van der Waals surface area (Å²) in [6, 6.07) is 15.1. The van der Waals surface area contributed by atoms with Crippen LogP contribution in [-0.4, -0.2) is 12.6 Å². The van der Waals surface area contributed by atoms with E-state index in [1.165, 1.54) is 35.2 Å². The van der Waals surface area contributed by atoms with Crippen LogP contribution >= 0.6 is 0 Å². The van der Waals surface area contributed by atoms with Gasteiger partial charge in [-0.1, -0.05) is 24.3 Å². The first-order valence-corrected chi connectivity index (χ1v) is 7.36. The maximum atomic E-state index is 5.68. The van der Waals surface area contributed by atoms with Gasteiger partial charge < -0.3 is 10.1 Å². The van der Waals surface area contributed by atoms with Crippen molar-refractivity contribution >= 4 is 5.69 Å². The van der Waals surface area contributed by atoms with E-state index in [1.807, 2.05) is 26.0 Å². The van der Waals surface area contributed by atoms with Crippen LogP contribution in [0.5, 0.6) is 5.75 Å². The Hall–Kier alpha value is -1.96. The van der Waals surface area contributed by atoms with Gasteiger partial charge in [0, 0.05) is 12.2 Å². The number of nitrogens with one attached hydrogen (secondary N) is 1. The summed E-state index contributed by atoms with van der Waals surface area (Å²) in [4.78, 5) is 0. The van der Waals surface area contributed by atoms with Crippen LogP contribution in [0.4, 0.5) is 5.69 Å². The first kappa shape index (κ1) is 13.0. The van der Waals surface area contributed by atoms with Gasteiger partial charge in [-0.05, 0) is 61.6 Å². The van der Waals surface area contributed by atoms with Gasteiger partial charge in [0.15, 0.2) is 0 Å². The molecule has 104 valence electrons. The fraction of sp³-hybridized carbons (Fsp3) is 0.333. The van der Waals surface area contributed by atoms with Crippen LogP contribution in [0.1, 0.15) is 25.8 Å². The average Bonchev–Trinajstić information content (AvgIpc) is 2.47. The van der Waals surface area contributed by atoms with Crippen molar-refractivity contribution < 1.29 is 4.74 Å². The molecule has 1 N–H and O–H groups in total. The number of rotatable bonds is 3. The van der Waals surface area contributed by atoms with E-state index in [-0.39, 0.29) is 6.10 Å². The summed E-state index contributed by atoms with van der Waals surface area (Å²) < 4.78 is 5.68.